The summed E-state index contributed by atoms with van der Waals surface area (Å²) in [7, 11) is 0. The van der Waals surface area contributed by atoms with Crippen LogP contribution >= 0.6 is 0 Å². The quantitative estimate of drug-likeness (QED) is 0.418. The first-order valence-electron chi connectivity index (χ1n) is 5.36. The van der Waals surface area contributed by atoms with Crippen LogP contribution in [-0.2, 0) is 9.47 Å². The highest BCUT2D eigenvalue weighted by Gasteiger charge is 2.37. The van der Waals surface area contributed by atoms with E-state index in [2.05, 4.69) is 18.2 Å². The normalized spacial score (nSPS) is 24.6. The van der Waals surface area contributed by atoms with Crippen LogP contribution < -0.4 is 0 Å². The maximum Gasteiger partial charge on any atom is 0.113 e. The van der Waals surface area contributed by atoms with Gasteiger partial charge in [0.1, 0.15) is 12.2 Å². The van der Waals surface area contributed by atoms with Gasteiger partial charge in [0.2, 0.25) is 0 Å². The van der Waals surface area contributed by atoms with Gasteiger partial charge in [-0.3, -0.25) is 0 Å². The fourth-order valence-electron chi connectivity index (χ4n) is 1.56. The Hall–Kier alpha value is -1.12. The first-order chi connectivity index (χ1) is 7.42. The molecule has 0 aliphatic carbocycles. The van der Waals surface area contributed by atoms with Crippen molar-refractivity contribution in [3.05, 3.63) is 48.0 Å². The van der Waals surface area contributed by atoms with E-state index in [1.54, 1.807) is 0 Å². The molecule has 0 aromatic heterocycles. The summed E-state index contributed by atoms with van der Waals surface area (Å²) >= 11 is 0. The molecule has 2 heteroatoms. The van der Waals surface area contributed by atoms with Crippen molar-refractivity contribution in [2.24, 2.45) is 0 Å². The van der Waals surface area contributed by atoms with Crippen molar-refractivity contribution in [2.75, 3.05) is 13.2 Å². The fourth-order valence-corrected chi connectivity index (χ4v) is 1.56. The van der Waals surface area contributed by atoms with Crippen LogP contribution in [0.15, 0.2) is 42.5 Å². The molecule has 0 spiro atoms. The van der Waals surface area contributed by atoms with Crippen LogP contribution in [0.4, 0.5) is 0 Å². The molecule has 1 aromatic carbocycles. The Kier molecular flexibility index (Phi) is 3.54. The summed E-state index contributed by atoms with van der Waals surface area (Å²) in [6.45, 7) is 3.43. The zero-order valence-electron chi connectivity index (χ0n) is 8.93. The minimum absolute atomic E-state index is 0.243. The van der Waals surface area contributed by atoms with E-state index >= 15 is 0 Å². The van der Waals surface area contributed by atoms with Crippen LogP contribution in [0.3, 0.4) is 0 Å². The van der Waals surface area contributed by atoms with Crippen LogP contribution in [0.25, 0.3) is 0 Å². The molecule has 2 unspecified atom stereocenters. The third-order valence-electron chi connectivity index (χ3n) is 2.40. The Morgan fingerprint density at radius 3 is 2.87 bits per heavy atom. The number of benzene rings is 1. The lowest BCUT2D eigenvalue weighted by Crippen LogP contribution is -1.90. The van der Waals surface area contributed by atoms with Crippen LogP contribution in [0, 0.1) is 0 Å². The summed E-state index contributed by atoms with van der Waals surface area (Å²) in [5.41, 5.74) is 1.25. The average molecular weight is 204 g/mol. The molecule has 2 atom stereocenters. The molecule has 1 saturated heterocycles. The predicted molar refractivity (Wildman–Crippen MR) is 59.7 cm³/mol. The van der Waals surface area contributed by atoms with E-state index in [0.29, 0.717) is 6.61 Å². The van der Waals surface area contributed by atoms with Gasteiger partial charge >= 0.3 is 0 Å². The summed E-state index contributed by atoms with van der Waals surface area (Å²) in [4.78, 5) is 0. The molecule has 2 rings (SSSR count). The number of hydrogen-bond donors (Lipinski definition) is 0. The van der Waals surface area contributed by atoms with E-state index < -0.39 is 0 Å². The van der Waals surface area contributed by atoms with Crippen molar-refractivity contribution < 1.29 is 9.47 Å². The molecule has 1 fully saturated rings. The minimum Gasteiger partial charge on any atom is -0.378 e. The van der Waals surface area contributed by atoms with Crippen molar-refractivity contribution in [3.8, 4) is 0 Å². The third kappa shape index (κ3) is 2.91. The number of hydrogen-bond acceptors (Lipinski definition) is 2. The Bertz CT molecular complexity index is 319. The standard InChI is InChI=1S/C13H16O2/c1-2-14-10-6-9-12-13(15-12)11-7-4-3-5-8-11/h3-9,12-13H,2,10H2,1H3/b9-6+. The van der Waals surface area contributed by atoms with E-state index in [1.165, 1.54) is 5.56 Å². The monoisotopic (exact) mass is 204 g/mol. The predicted octanol–water partition coefficient (Wildman–Crippen LogP) is 2.72. The molecule has 1 aliphatic heterocycles. The Labute approximate surface area is 90.5 Å². The van der Waals surface area contributed by atoms with Crippen molar-refractivity contribution in [1.29, 1.82) is 0 Å². The van der Waals surface area contributed by atoms with Gasteiger partial charge in [0, 0.05) is 6.61 Å². The van der Waals surface area contributed by atoms with Gasteiger partial charge < -0.3 is 9.47 Å². The number of epoxide rings is 1. The first kappa shape index (κ1) is 10.4. The molecule has 1 heterocycles. The van der Waals surface area contributed by atoms with Gasteiger partial charge in [-0.1, -0.05) is 42.5 Å². The highest BCUT2D eigenvalue weighted by Crippen LogP contribution is 2.39. The largest absolute Gasteiger partial charge is 0.378 e. The second-order valence-electron chi connectivity index (χ2n) is 3.52. The lowest BCUT2D eigenvalue weighted by molar-refractivity contribution is 0.177. The van der Waals surface area contributed by atoms with Gasteiger partial charge in [-0.25, -0.2) is 0 Å². The molecule has 0 radical (unpaired) electrons. The SMILES string of the molecule is CCOC/C=C/C1OC1c1ccccc1. The Morgan fingerprint density at radius 1 is 1.33 bits per heavy atom. The van der Waals surface area contributed by atoms with Gasteiger partial charge in [0.25, 0.3) is 0 Å². The molecule has 0 N–H and O–H groups in total. The van der Waals surface area contributed by atoms with Crippen molar-refractivity contribution in [3.63, 3.8) is 0 Å². The maximum atomic E-state index is 5.54. The van der Waals surface area contributed by atoms with Crippen molar-refractivity contribution in [2.45, 2.75) is 19.1 Å². The molecule has 2 nitrogen and oxygen atoms in total. The molecular weight excluding hydrogens is 188 g/mol. The third-order valence-corrected chi connectivity index (χ3v) is 2.40. The number of rotatable bonds is 5. The highest BCUT2D eigenvalue weighted by molar-refractivity contribution is 5.24. The Morgan fingerprint density at radius 2 is 2.13 bits per heavy atom. The van der Waals surface area contributed by atoms with Crippen LogP contribution in [0.2, 0.25) is 0 Å². The van der Waals surface area contributed by atoms with Crippen molar-refractivity contribution in [1.82, 2.24) is 0 Å². The summed E-state index contributed by atoms with van der Waals surface area (Å²) in [5.74, 6) is 0. The van der Waals surface area contributed by atoms with Gasteiger partial charge in [-0.2, -0.15) is 0 Å². The summed E-state index contributed by atoms with van der Waals surface area (Å²) in [6.07, 6.45) is 4.60. The lowest BCUT2D eigenvalue weighted by Gasteiger charge is -1.93. The molecular formula is C13H16O2. The van der Waals surface area contributed by atoms with E-state index in [1.807, 2.05) is 31.2 Å². The topological polar surface area (TPSA) is 21.8 Å². The van der Waals surface area contributed by atoms with E-state index in [9.17, 15) is 0 Å². The second-order valence-corrected chi connectivity index (χ2v) is 3.52. The van der Waals surface area contributed by atoms with E-state index in [-0.39, 0.29) is 12.2 Å². The van der Waals surface area contributed by atoms with Crippen LogP contribution in [-0.4, -0.2) is 19.3 Å². The molecule has 15 heavy (non-hydrogen) atoms. The smallest absolute Gasteiger partial charge is 0.113 e. The van der Waals surface area contributed by atoms with E-state index in [4.69, 9.17) is 9.47 Å². The molecule has 80 valence electrons. The van der Waals surface area contributed by atoms with Gasteiger partial charge in [-0.15, -0.1) is 0 Å². The average Bonchev–Trinajstić information content (AvgIpc) is 3.05. The van der Waals surface area contributed by atoms with E-state index in [0.717, 1.165) is 6.61 Å². The maximum absolute atomic E-state index is 5.54. The first-order valence-corrected chi connectivity index (χ1v) is 5.36. The second kappa shape index (κ2) is 5.10. The summed E-state index contributed by atoms with van der Waals surface area (Å²) < 4.78 is 10.8. The molecule has 1 aromatic rings. The summed E-state index contributed by atoms with van der Waals surface area (Å²) in [6, 6.07) is 10.3. The van der Waals surface area contributed by atoms with Gasteiger partial charge in [-0.05, 0) is 12.5 Å². The number of ether oxygens (including phenoxy) is 2. The van der Waals surface area contributed by atoms with Gasteiger partial charge in [0.05, 0.1) is 6.61 Å². The molecule has 0 bridgehead atoms. The van der Waals surface area contributed by atoms with Crippen LogP contribution in [0.5, 0.6) is 0 Å². The molecule has 1 aliphatic rings. The zero-order chi connectivity index (χ0) is 10.5. The highest BCUT2D eigenvalue weighted by atomic mass is 16.6. The van der Waals surface area contributed by atoms with Crippen molar-refractivity contribution >= 4 is 0 Å². The fraction of sp³-hybridized carbons (Fsp3) is 0.385. The molecule has 0 saturated carbocycles. The zero-order valence-corrected chi connectivity index (χ0v) is 8.93. The van der Waals surface area contributed by atoms with Crippen LogP contribution in [0.1, 0.15) is 18.6 Å². The lowest BCUT2D eigenvalue weighted by atomic mass is 10.1. The van der Waals surface area contributed by atoms with Gasteiger partial charge in [0.15, 0.2) is 0 Å². The molecule has 0 amide bonds. The minimum atomic E-state index is 0.243. The Balaban J connectivity index is 1.79. The summed E-state index contributed by atoms with van der Waals surface area (Å²) in [5, 5.41) is 0.